The number of pyridine rings is 1. The number of methoxy groups -OCH3 is 1. The van der Waals surface area contributed by atoms with Crippen molar-refractivity contribution in [1.82, 2.24) is 9.88 Å². The molecule has 0 atom stereocenters. The summed E-state index contributed by atoms with van der Waals surface area (Å²) in [6.45, 7) is 3.37. The number of halogens is 2. The van der Waals surface area contributed by atoms with Crippen molar-refractivity contribution < 1.29 is 18.7 Å². The van der Waals surface area contributed by atoms with Crippen molar-refractivity contribution in [3.05, 3.63) is 81.8 Å². The van der Waals surface area contributed by atoms with Crippen LogP contribution < -0.4 is 15.4 Å². The lowest BCUT2D eigenvalue weighted by Gasteiger charge is -2.16. The average molecular weight is 482 g/mol. The van der Waals surface area contributed by atoms with Gasteiger partial charge in [0, 0.05) is 35.9 Å². The molecule has 1 aliphatic rings. The maximum absolute atomic E-state index is 14.8. The number of rotatable bonds is 6. The fourth-order valence-corrected chi connectivity index (χ4v) is 3.47. The predicted molar refractivity (Wildman–Crippen MR) is 128 cm³/mol. The van der Waals surface area contributed by atoms with Gasteiger partial charge in [-0.2, -0.15) is 0 Å². The van der Waals surface area contributed by atoms with Gasteiger partial charge in [0.15, 0.2) is 0 Å². The van der Waals surface area contributed by atoms with E-state index in [1.807, 2.05) is 6.92 Å². The number of anilines is 2. The molecule has 2 aromatic carbocycles. The molecule has 3 aromatic rings. The van der Waals surface area contributed by atoms with Crippen LogP contribution in [0.5, 0.6) is 5.75 Å². The monoisotopic (exact) mass is 481 g/mol. The second-order valence-electron chi connectivity index (χ2n) is 7.69. The van der Waals surface area contributed by atoms with E-state index < -0.39 is 17.6 Å². The fourth-order valence-electron chi connectivity index (χ4n) is 3.26. The number of ether oxygens (including phenoxy) is 1. The van der Waals surface area contributed by atoms with Gasteiger partial charge in [-0.1, -0.05) is 23.7 Å². The number of carbonyl (C=O) groups excluding carboxylic acids is 2. The van der Waals surface area contributed by atoms with Gasteiger partial charge in [-0.25, -0.2) is 9.37 Å². The first-order valence-electron chi connectivity index (χ1n) is 10.3. The van der Waals surface area contributed by atoms with Gasteiger partial charge in [0.2, 0.25) is 0 Å². The third-order valence-electron chi connectivity index (χ3n) is 5.17. The summed E-state index contributed by atoms with van der Waals surface area (Å²) >= 11 is 6.15. The number of hydrogen-bond acceptors (Lipinski definition) is 5. The molecule has 174 valence electrons. The van der Waals surface area contributed by atoms with E-state index in [9.17, 15) is 14.0 Å². The highest BCUT2D eigenvalue weighted by Crippen LogP contribution is 2.33. The van der Waals surface area contributed by atoms with Crippen molar-refractivity contribution in [3.63, 3.8) is 0 Å². The summed E-state index contributed by atoms with van der Waals surface area (Å²) in [5.41, 5.74) is 1.10. The van der Waals surface area contributed by atoms with Crippen LogP contribution in [0.25, 0.3) is 0 Å². The van der Waals surface area contributed by atoms with E-state index in [4.69, 9.17) is 21.7 Å². The van der Waals surface area contributed by atoms with Crippen LogP contribution in [0, 0.1) is 18.2 Å². The summed E-state index contributed by atoms with van der Waals surface area (Å²) < 4.78 is 20.1. The number of benzene rings is 2. The molecule has 0 unspecified atom stereocenters. The molecule has 10 heteroatoms. The molecule has 0 spiro atoms. The van der Waals surface area contributed by atoms with Crippen LogP contribution in [-0.2, 0) is 0 Å². The minimum atomic E-state index is -0.788. The van der Waals surface area contributed by atoms with Crippen molar-refractivity contribution in [3.8, 4) is 5.75 Å². The topological polar surface area (TPSA) is 107 Å². The largest absolute Gasteiger partial charge is 0.494 e. The van der Waals surface area contributed by atoms with Crippen molar-refractivity contribution in [2.45, 2.75) is 6.92 Å². The molecule has 0 saturated carbocycles. The minimum absolute atomic E-state index is 0.0143. The molecule has 0 bridgehead atoms. The average Bonchev–Trinajstić information content (AvgIpc) is 3.66. The predicted octanol–water partition coefficient (Wildman–Crippen LogP) is 4.34. The molecule has 0 aliphatic carbocycles. The third-order valence-corrected chi connectivity index (χ3v) is 5.39. The van der Waals surface area contributed by atoms with Crippen LogP contribution in [0.2, 0.25) is 5.02 Å². The van der Waals surface area contributed by atoms with Crippen LogP contribution >= 0.6 is 11.6 Å². The molecule has 4 rings (SSSR count). The number of amidine groups is 1. The van der Waals surface area contributed by atoms with Gasteiger partial charge in [0.05, 0.1) is 23.9 Å². The standard InChI is InChI=1S/C24H21ClFN5O3/c1-13-3-6-20(28-12-13)29-24(33)17-10-15(25)11-19(34-2)21(17)30-23(32)16-5-4-14(9-18(16)26)22(27)31-7-8-31/h3-6,9-12,27H,7-8H2,1-2H3,(H,30,32)(H,28,29,33). The van der Waals surface area contributed by atoms with E-state index in [0.29, 0.717) is 11.4 Å². The molecule has 8 nitrogen and oxygen atoms in total. The van der Waals surface area contributed by atoms with Gasteiger partial charge in [-0.3, -0.25) is 15.0 Å². The Morgan fingerprint density at radius 1 is 1.09 bits per heavy atom. The Morgan fingerprint density at radius 3 is 2.44 bits per heavy atom. The molecule has 1 fully saturated rings. The molecule has 1 saturated heterocycles. The third kappa shape index (κ3) is 4.99. The van der Waals surface area contributed by atoms with E-state index >= 15 is 0 Å². The molecule has 34 heavy (non-hydrogen) atoms. The lowest BCUT2D eigenvalue weighted by molar-refractivity contribution is 0.102. The Labute approximate surface area is 200 Å². The maximum atomic E-state index is 14.8. The summed E-state index contributed by atoms with van der Waals surface area (Å²) in [4.78, 5) is 31.8. The Kier molecular flexibility index (Phi) is 6.47. The highest BCUT2D eigenvalue weighted by Gasteiger charge is 2.25. The van der Waals surface area contributed by atoms with Gasteiger partial charge >= 0.3 is 0 Å². The summed E-state index contributed by atoms with van der Waals surface area (Å²) in [6.07, 6.45) is 1.60. The number of aromatic nitrogens is 1. The fraction of sp³-hybridized carbons (Fsp3) is 0.167. The Morgan fingerprint density at radius 2 is 1.82 bits per heavy atom. The molecule has 2 heterocycles. The minimum Gasteiger partial charge on any atom is -0.494 e. The summed E-state index contributed by atoms with van der Waals surface area (Å²) in [5.74, 6) is -1.52. The second-order valence-corrected chi connectivity index (χ2v) is 8.13. The first kappa shape index (κ1) is 23.2. The maximum Gasteiger partial charge on any atom is 0.259 e. The Balaban J connectivity index is 1.63. The van der Waals surface area contributed by atoms with Crippen molar-refractivity contribution >= 4 is 40.8 Å². The molecule has 3 N–H and O–H groups in total. The first-order chi connectivity index (χ1) is 16.3. The number of amides is 2. The number of hydrogen-bond donors (Lipinski definition) is 3. The van der Waals surface area contributed by atoms with Gasteiger partial charge in [0.1, 0.15) is 23.2 Å². The zero-order chi connectivity index (χ0) is 24.4. The zero-order valence-electron chi connectivity index (χ0n) is 18.4. The van der Waals surface area contributed by atoms with Crippen molar-refractivity contribution in [2.24, 2.45) is 0 Å². The molecule has 1 aromatic heterocycles. The van der Waals surface area contributed by atoms with Crippen LogP contribution in [0.3, 0.4) is 0 Å². The molecule has 1 aliphatic heterocycles. The van der Waals surface area contributed by atoms with Crippen molar-refractivity contribution in [2.75, 3.05) is 30.8 Å². The molecular formula is C24H21ClFN5O3. The Hall–Kier alpha value is -3.98. The van der Waals surface area contributed by atoms with E-state index in [0.717, 1.165) is 24.7 Å². The van der Waals surface area contributed by atoms with Crippen LogP contribution in [0.4, 0.5) is 15.9 Å². The SMILES string of the molecule is COc1cc(Cl)cc(C(=O)Nc2ccc(C)cn2)c1NC(=O)c1ccc(C(=N)N2CC2)cc1F. The van der Waals surface area contributed by atoms with E-state index in [-0.39, 0.29) is 33.4 Å². The number of carbonyl (C=O) groups is 2. The van der Waals surface area contributed by atoms with Crippen LogP contribution in [0.15, 0.2) is 48.7 Å². The highest BCUT2D eigenvalue weighted by atomic mass is 35.5. The van der Waals surface area contributed by atoms with E-state index in [1.54, 1.807) is 23.2 Å². The van der Waals surface area contributed by atoms with Crippen molar-refractivity contribution in [1.29, 1.82) is 5.41 Å². The number of nitrogens with zero attached hydrogens (tertiary/aromatic N) is 2. The first-order valence-corrected chi connectivity index (χ1v) is 10.7. The number of aryl methyl sites for hydroxylation is 1. The molecular weight excluding hydrogens is 461 g/mol. The molecule has 2 amide bonds. The summed E-state index contributed by atoms with van der Waals surface area (Å²) in [6, 6.07) is 10.2. The quantitative estimate of drug-likeness (QED) is 0.276. The van der Waals surface area contributed by atoms with Crippen LogP contribution in [-0.4, -0.2) is 47.7 Å². The smallest absolute Gasteiger partial charge is 0.259 e. The summed E-state index contributed by atoms with van der Waals surface area (Å²) in [7, 11) is 1.36. The summed E-state index contributed by atoms with van der Waals surface area (Å²) in [5, 5.41) is 13.5. The van der Waals surface area contributed by atoms with Gasteiger partial charge in [-0.15, -0.1) is 0 Å². The highest BCUT2D eigenvalue weighted by molar-refractivity contribution is 6.31. The Bertz CT molecular complexity index is 1290. The van der Waals surface area contributed by atoms with E-state index in [2.05, 4.69) is 15.6 Å². The lowest BCUT2D eigenvalue weighted by Crippen LogP contribution is -2.20. The molecule has 0 radical (unpaired) electrons. The second kappa shape index (κ2) is 9.48. The normalized spacial score (nSPS) is 12.2. The van der Waals surface area contributed by atoms with E-state index in [1.165, 1.54) is 31.4 Å². The van der Waals surface area contributed by atoms with Crippen LogP contribution in [0.1, 0.15) is 31.8 Å². The van der Waals surface area contributed by atoms with Gasteiger partial charge in [0.25, 0.3) is 11.8 Å². The van der Waals surface area contributed by atoms with Gasteiger partial charge < -0.3 is 20.3 Å². The van der Waals surface area contributed by atoms with Gasteiger partial charge in [-0.05, 0) is 36.8 Å². The zero-order valence-corrected chi connectivity index (χ0v) is 19.2. The lowest BCUT2D eigenvalue weighted by atomic mass is 10.1. The number of nitrogens with one attached hydrogen (secondary N) is 3.